The Morgan fingerprint density at radius 3 is 2.38 bits per heavy atom. The number of nitrogens with one attached hydrogen (secondary N) is 3. The second kappa shape index (κ2) is 25.5. The molecule has 1 fully saturated rings. The Bertz CT molecular complexity index is 1690. The number of aliphatic hydroxyl groups excluding tert-OH is 3. The van der Waals surface area contributed by atoms with E-state index in [0.29, 0.717) is 74.9 Å². The van der Waals surface area contributed by atoms with Crippen LogP contribution in [0.3, 0.4) is 0 Å². The lowest BCUT2D eigenvalue weighted by Crippen LogP contribution is -2.68. The molecule has 0 saturated carbocycles. The number of carbonyl (C=O) groups is 5. The number of hydrogen-bond donors (Lipinski definition) is 7. The van der Waals surface area contributed by atoms with E-state index in [1.807, 2.05) is 0 Å². The van der Waals surface area contributed by atoms with Gasteiger partial charge >= 0.3 is 18.0 Å². The van der Waals surface area contributed by atoms with Gasteiger partial charge in [0.15, 0.2) is 6.61 Å². The lowest BCUT2D eigenvalue weighted by atomic mass is 9.88. The minimum absolute atomic E-state index is 0.0706. The summed E-state index contributed by atoms with van der Waals surface area (Å²) in [6.45, 7) is 7.10. The molecular formula is C39H59ClN6O15. The maximum atomic E-state index is 12.6. The number of hydrogen-bond acceptors (Lipinski definition) is 16. The third-order valence-corrected chi connectivity index (χ3v) is 9.14. The normalized spacial score (nSPS) is 20.0. The molecule has 3 rings (SSSR count). The summed E-state index contributed by atoms with van der Waals surface area (Å²) in [6, 6.07) is 5.01. The maximum absolute atomic E-state index is 12.6. The predicted octanol–water partition coefficient (Wildman–Crippen LogP) is 0.626. The van der Waals surface area contributed by atoms with Crippen molar-refractivity contribution >= 4 is 41.4 Å². The van der Waals surface area contributed by atoms with Gasteiger partial charge in [0, 0.05) is 38.0 Å². The first kappa shape index (κ1) is 50.9. The lowest BCUT2D eigenvalue weighted by molar-refractivity contribution is -0.310. The molecule has 1 aromatic heterocycles. The van der Waals surface area contributed by atoms with E-state index in [0.717, 1.165) is 6.92 Å². The van der Waals surface area contributed by atoms with Crippen LogP contribution in [0.5, 0.6) is 0 Å². The molecule has 6 atom stereocenters. The van der Waals surface area contributed by atoms with Crippen LogP contribution in [0.4, 0.5) is 4.79 Å². The Labute approximate surface area is 358 Å². The molecule has 0 bridgehead atoms. The molecule has 0 radical (unpaired) electrons. The van der Waals surface area contributed by atoms with E-state index in [-0.39, 0.29) is 19.6 Å². The maximum Gasteiger partial charge on any atom is 0.407 e. The van der Waals surface area contributed by atoms with Crippen LogP contribution in [0.15, 0.2) is 30.5 Å². The molecule has 1 aromatic carbocycles. The van der Waals surface area contributed by atoms with Crippen molar-refractivity contribution in [2.75, 3.05) is 46.1 Å². The third-order valence-electron chi connectivity index (χ3n) is 8.89. The van der Waals surface area contributed by atoms with Crippen molar-refractivity contribution in [1.82, 2.24) is 30.9 Å². The molecule has 0 spiro atoms. The SMILES string of the molecule is CC(=O)OCC(=O)N[C@H]1[C@H]([C@H](O)[C@H](O)CNC(=O)Cc2ccc(Cl)cc2)O[C@@](OCCCCCCn2cc(COCCOCCNC(=O)OC(C)(C)C)nn2)(C(=O)O)C[C@@H]1O. The first-order chi connectivity index (χ1) is 28.9. The number of benzene rings is 1. The van der Waals surface area contributed by atoms with E-state index in [1.165, 1.54) is 0 Å². The average Bonchev–Trinajstić information content (AvgIpc) is 3.64. The molecule has 1 saturated heterocycles. The van der Waals surface area contributed by atoms with E-state index in [9.17, 15) is 44.4 Å². The van der Waals surface area contributed by atoms with Gasteiger partial charge in [0.1, 0.15) is 23.5 Å². The largest absolute Gasteiger partial charge is 0.477 e. The van der Waals surface area contributed by atoms with Gasteiger partial charge in [0.25, 0.3) is 11.7 Å². The monoisotopic (exact) mass is 886 g/mol. The molecule has 22 heteroatoms. The summed E-state index contributed by atoms with van der Waals surface area (Å²) in [5.41, 5.74) is 0.689. The lowest BCUT2D eigenvalue weighted by Gasteiger charge is -2.46. The van der Waals surface area contributed by atoms with Crippen LogP contribution in [0, 0.1) is 0 Å². The predicted molar refractivity (Wildman–Crippen MR) is 214 cm³/mol. The fourth-order valence-corrected chi connectivity index (χ4v) is 6.06. The number of aromatic nitrogens is 3. The minimum Gasteiger partial charge on any atom is -0.477 e. The van der Waals surface area contributed by atoms with Gasteiger partial charge in [-0.25, -0.2) is 9.59 Å². The van der Waals surface area contributed by atoms with Crippen LogP contribution < -0.4 is 16.0 Å². The molecule has 342 valence electrons. The number of aryl methyl sites for hydroxylation is 1. The van der Waals surface area contributed by atoms with E-state index in [4.69, 9.17) is 40.0 Å². The summed E-state index contributed by atoms with van der Waals surface area (Å²) in [7, 11) is 0. The highest BCUT2D eigenvalue weighted by Crippen LogP contribution is 2.34. The van der Waals surface area contributed by atoms with Crippen molar-refractivity contribution in [3.8, 4) is 0 Å². The summed E-state index contributed by atoms with van der Waals surface area (Å²) in [5.74, 6) is -6.26. The number of aliphatic carboxylic acids is 1. The molecule has 1 aliphatic heterocycles. The zero-order valence-corrected chi connectivity index (χ0v) is 35.6. The Morgan fingerprint density at radius 2 is 1.69 bits per heavy atom. The zero-order chi connectivity index (χ0) is 45.0. The van der Waals surface area contributed by atoms with Crippen molar-refractivity contribution in [2.45, 2.75) is 121 Å². The van der Waals surface area contributed by atoms with Crippen LogP contribution in [-0.4, -0.2) is 153 Å². The van der Waals surface area contributed by atoms with Crippen LogP contribution in [0.25, 0.3) is 0 Å². The molecule has 2 aromatic rings. The number of rotatable bonds is 26. The topological polar surface area (TPSA) is 288 Å². The van der Waals surface area contributed by atoms with E-state index in [2.05, 4.69) is 26.3 Å². The number of esters is 1. The molecule has 1 aliphatic rings. The second-order valence-electron chi connectivity index (χ2n) is 15.3. The Balaban J connectivity index is 1.44. The Kier molecular flexibility index (Phi) is 21.2. The van der Waals surface area contributed by atoms with Gasteiger partial charge < -0.3 is 64.8 Å². The highest BCUT2D eigenvalue weighted by atomic mass is 35.5. The fraction of sp³-hybridized carbons (Fsp3) is 0.667. The Hall–Kier alpha value is -4.48. The number of halogens is 1. The van der Waals surface area contributed by atoms with Crippen molar-refractivity contribution < 1.29 is 72.8 Å². The molecule has 0 aliphatic carbocycles. The number of amides is 3. The van der Waals surface area contributed by atoms with E-state index in [1.54, 1.807) is 55.9 Å². The van der Waals surface area contributed by atoms with Gasteiger partial charge in [-0.2, -0.15) is 0 Å². The van der Waals surface area contributed by atoms with Gasteiger partial charge in [0.05, 0.1) is 63.9 Å². The summed E-state index contributed by atoms with van der Waals surface area (Å²) < 4.78 is 34.1. The van der Waals surface area contributed by atoms with Gasteiger partial charge in [-0.05, 0) is 51.3 Å². The number of alkyl carbamates (subject to hydrolysis) is 1. The number of unbranched alkanes of at least 4 members (excludes halogenated alkanes) is 3. The van der Waals surface area contributed by atoms with Crippen LogP contribution >= 0.6 is 11.6 Å². The van der Waals surface area contributed by atoms with Crippen molar-refractivity contribution in [3.63, 3.8) is 0 Å². The molecular weight excluding hydrogens is 828 g/mol. The van der Waals surface area contributed by atoms with Crippen LogP contribution in [0.1, 0.15) is 71.1 Å². The van der Waals surface area contributed by atoms with Crippen molar-refractivity contribution in [2.24, 2.45) is 0 Å². The highest BCUT2D eigenvalue weighted by molar-refractivity contribution is 6.30. The molecule has 7 N–H and O–H groups in total. The summed E-state index contributed by atoms with van der Waals surface area (Å²) in [4.78, 5) is 60.6. The number of aliphatic hydroxyl groups is 3. The molecule has 61 heavy (non-hydrogen) atoms. The van der Waals surface area contributed by atoms with Gasteiger partial charge in [-0.15, -0.1) is 5.10 Å². The fourth-order valence-electron chi connectivity index (χ4n) is 5.93. The number of carboxylic acids is 1. The van der Waals surface area contributed by atoms with Gasteiger partial charge in [-0.3, -0.25) is 19.1 Å². The Morgan fingerprint density at radius 1 is 0.984 bits per heavy atom. The quantitative estimate of drug-likeness (QED) is 0.0504. The number of ether oxygens (including phenoxy) is 6. The highest BCUT2D eigenvalue weighted by Gasteiger charge is 2.55. The van der Waals surface area contributed by atoms with Gasteiger partial charge in [0.2, 0.25) is 5.91 Å². The molecule has 0 unspecified atom stereocenters. The molecule has 2 heterocycles. The first-order valence-corrected chi connectivity index (χ1v) is 20.3. The number of nitrogens with zero attached hydrogens (tertiary/aromatic N) is 3. The third kappa shape index (κ3) is 19.0. The van der Waals surface area contributed by atoms with Crippen molar-refractivity contribution in [1.29, 1.82) is 0 Å². The van der Waals surface area contributed by atoms with Crippen LogP contribution in [-0.2, 0) is 67.2 Å². The summed E-state index contributed by atoms with van der Waals surface area (Å²) >= 11 is 5.89. The van der Waals surface area contributed by atoms with Gasteiger partial charge in [-0.1, -0.05) is 41.8 Å². The minimum atomic E-state index is -2.48. The smallest absolute Gasteiger partial charge is 0.407 e. The first-order valence-electron chi connectivity index (χ1n) is 19.9. The molecule has 21 nitrogen and oxygen atoms in total. The summed E-state index contributed by atoms with van der Waals surface area (Å²) in [6.07, 6.45) is -4.22. The number of carbonyl (C=O) groups excluding carboxylic acids is 4. The van der Waals surface area contributed by atoms with Crippen LogP contribution in [0.2, 0.25) is 5.02 Å². The van der Waals surface area contributed by atoms with E-state index >= 15 is 0 Å². The molecule has 3 amide bonds. The average molecular weight is 887 g/mol. The standard InChI is InChI=1S/C39H59ClN6O15/c1-25(47)58-24-32(51)43-33-29(48)20-39(36(53)54,60-35(33)34(52)30(49)21-42-31(50)19-26-9-11-27(40)12-10-26)59-15-8-6-5-7-14-46-22-28(44-45-46)23-57-18-17-56-16-13-41-37(55)61-38(2,3)4/h9-12,22,29-30,33-35,48-49,52H,5-8,13-21,23-24H2,1-4H3,(H,41,55)(H,42,50)(H,43,51)(H,53,54)/t29-,30+,33+,34+,35+,39+/m0/s1. The van der Waals surface area contributed by atoms with E-state index < -0.39 is 91.3 Å². The number of carboxylic acid groups (broad SMARTS) is 1. The second-order valence-corrected chi connectivity index (χ2v) is 15.7. The zero-order valence-electron chi connectivity index (χ0n) is 34.9. The summed E-state index contributed by atoms with van der Waals surface area (Å²) in [5, 5.41) is 59.7. The van der Waals surface area contributed by atoms with Crippen molar-refractivity contribution in [3.05, 3.63) is 46.7 Å².